The molecule has 0 heterocycles. The van der Waals surface area contributed by atoms with Crippen molar-refractivity contribution in [2.45, 2.75) is 25.9 Å². The van der Waals surface area contributed by atoms with Crippen LogP contribution >= 0.6 is 0 Å². The van der Waals surface area contributed by atoms with Gasteiger partial charge >= 0.3 is 18.1 Å². The summed E-state index contributed by atoms with van der Waals surface area (Å²) in [5, 5.41) is 8.30. The standard InChI is InChI=1S/C7H7F5O3/c1-3(13)5(2,4(14)15)6(8,9)7(10,11)12/h1-2H3,(H,14,15). The number of aliphatic carboxylic acids is 1. The average molecular weight is 234 g/mol. The molecule has 0 aliphatic carbocycles. The Hall–Kier alpha value is -1.21. The number of carboxylic acids is 1. The van der Waals surface area contributed by atoms with E-state index in [0.29, 0.717) is 6.92 Å². The van der Waals surface area contributed by atoms with Gasteiger partial charge in [0.05, 0.1) is 0 Å². The first-order valence-electron chi connectivity index (χ1n) is 3.58. The number of hydrogen-bond acceptors (Lipinski definition) is 2. The van der Waals surface area contributed by atoms with E-state index in [1.165, 1.54) is 0 Å². The molecule has 0 aromatic heterocycles. The van der Waals surface area contributed by atoms with Crippen LogP contribution < -0.4 is 0 Å². The van der Waals surface area contributed by atoms with Crippen molar-refractivity contribution >= 4 is 11.8 Å². The third-order valence-electron chi connectivity index (χ3n) is 2.12. The zero-order valence-corrected chi connectivity index (χ0v) is 7.65. The summed E-state index contributed by atoms with van der Waals surface area (Å²) < 4.78 is 61.2. The topological polar surface area (TPSA) is 54.4 Å². The molecule has 0 amide bonds. The van der Waals surface area contributed by atoms with Gasteiger partial charge in [0.25, 0.3) is 0 Å². The largest absolute Gasteiger partial charge is 0.480 e. The Kier molecular flexibility index (Phi) is 3.15. The summed E-state index contributed by atoms with van der Waals surface area (Å²) in [5.41, 5.74) is -3.80. The second-order valence-corrected chi connectivity index (χ2v) is 3.06. The van der Waals surface area contributed by atoms with Crippen LogP contribution in [-0.2, 0) is 9.59 Å². The summed E-state index contributed by atoms with van der Waals surface area (Å²) in [6.07, 6.45) is -6.09. The normalized spacial score (nSPS) is 17.0. The number of carbonyl (C=O) groups excluding carboxylic acids is 1. The van der Waals surface area contributed by atoms with E-state index in [0.717, 1.165) is 0 Å². The quantitative estimate of drug-likeness (QED) is 0.599. The minimum atomic E-state index is -6.09. The van der Waals surface area contributed by atoms with E-state index in [1.807, 2.05) is 0 Å². The molecule has 0 saturated heterocycles. The minimum absolute atomic E-state index is 0.0468. The van der Waals surface area contributed by atoms with Gasteiger partial charge in [0.15, 0.2) is 11.2 Å². The second kappa shape index (κ2) is 3.42. The molecule has 0 bridgehead atoms. The lowest BCUT2D eigenvalue weighted by Gasteiger charge is -2.32. The fourth-order valence-electron chi connectivity index (χ4n) is 0.789. The molecule has 0 aromatic carbocycles. The van der Waals surface area contributed by atoms with Crippen molar-refractivity contribution in [2.24, 2.45) is 5.41 Å². The maximum Gasteiger partial charge on any atom is 0.454 e. The van der Waals surface area contributed by atoms with Crippen LogP contribution in [0.15, 0.2) is 0 Å². The lowest BCUT2D eigenvalue weighted by Crippen LogP contribution is -2.58. The Labute approximate surface area is 80.9 Å². The first-order chi connectivity index (χ1) is 6.39. The monoisotopic (exact) mass is 234 g/mol. The van der Waals surface area contributed by atoms with Crippen LogP contribution in [-0.4, -0.2) is 29.0 Å². The number of hydrogen-bond donors (Lipinski definition) is 1. The lowest BCUT2D eigenvalue weighted by molar-refractivity contribution is -0.314. The zero-order chi connectivity index (χ0) is 12.7. The van der Waals surface area contributed by atoms with Crippen molar-refractivity contribution in [3.63, 3.8) is 0 Å². The highest BCUT2D eigenvalue weighted by Gasteiger charge is 2.73. The van der Waals surface area contributed by atoms with Crippen LogP contribution in [0, 0.1) is 5.41 Å². The van der Waals surface area contributed by atoms with Crippen LogP contribution in [0.1, 0.15) is 13.8 Å². The third kappa shape index (κ3) is 1.80. The highest BCUT2D eigenvalue weighted by Crippen LogP contribution is 2.48. The lowest BCUT2D eigenvalue weighted by atomic mass is 9.79. The molecule has 0 saturated carbocycles. The summed E-state index contributed by atoms with van der Waals surface area (Å²) in [7, 11) is 0. The summed E-state index contributed by atoms with van der Waals surface area (Å²) >= 11 is 0. The first kappa shape index (κ1) is 13.8. The second-order valence-electron chi connectivity index (χ2n) is 3.06. The summed E-state index contributed by atoms with van der Waals surface area (Å²) in [4.78, 5) is 21.0. The van der Waals surface area contributed by atoms with Crippen LogP contribution in [0.5, 0.6) is 0 Å². The molecule has 0 fully saturated rings. The molecule has 3 nitrogen and oxygen atoms in total. The van der Waals surface area contributed by atoms with Gasteiger partial charge < -0.3 is 5.11 Å². The number of Topliss-reactive ketones (excluding diaryl/α,β-unsaturated/α-hetero) is 1. The smallest absolute Gasteiger partial charge is 0.454 e. The Morgan fingerprint density at radius 2 is 1.40 bits per heavy atom. The number of carboxylic acid groups (broad SMARTS) is 1. The maximum atomic E-state index is 12.8. The van der Waals surface area contributed by atoms with E-state index in [2.05, 4.69) is 0 Å². The zero-order valence-electron chi connectivity index (χ0n) is 7.65. The Bertz CT molecular complexity index is 279. The molecule has 0 aliphatic rings. The Morgan fingerprint density at radius 1 is 1.07 bits per heavy atom. The van der Waals surface area contributed by atoms with Crippen LogP contribution in [0.3, 0.4) is 0 Å². The molecule has 1 atom stereocenters. The Balaban J connectivity index is 5.68. The van der Waals surface area contributed by atoms with Gasteiger partial charge in [0.1, 0.15) is 0 Å². The summed E-state index contributed by atoms with van der Waals surface area (Å²) in [5.74, 6) is -9.90. The van der Waals surface area contributed by atoms with Gasteiger partial charge in [-0.2, -0.15) is 22.0 Å². The highest BCUT2D eigenvalue weighted by atomic mass is 19.4. The van der Waals surface area contributed by atoms with Crippen LogP contribution in [0.25, 0.3) is 0 Å². The SMILES string of the molecule is CC(=O)C(C)(C(=O)O)C(F)(F)C(F)(F)F. The maximum absolute atomic E-state index is 12.8. The first-order valence-corrected chi connectivity index (χ1v) is 3.58. The van der Waals surface area contributed by atoms with E-state index in [4.69, 9.17) is 5.11 Å². The molecule has 0 aromatic rings. The van der Waals surface area contributed by atoms with Gasteiger partial charge in [0.2, 0.25) is 0 Å². The Morgan fingerprint density at radius 3 is 1.47 bits per heavy atom. The van der Waals surface area contributed by atoms with Gasteiger partial charge in [-0.05, 0) is 13.8 Å². The van der Waals surface area contributed by atoms with Gasteiger partial charge in [-0.1, -0.05) is 0 Å². The molecular formula is C7H7F5O3. The molecule has 1 unspecified atom stereocenters. The molecule has 15 heavy (non-hydrogen) atoms. The van der Waals surface area contributed by atoms with Gasteiger partial charge in [-0.15, -0.1) is 0 Å². The molecular weight excluding hydrogens is 227 g/mol. The van der Waals surface area contributed by atoms with Crippen molar-refractivity contribution < 1.29 is 36.6 Å². The minimum Gasteiger partial charge on any atom is -0.480 e. The van der Waals surface area contributed by atoms with Crippen LogP contribution in [0.2, 0.25) is 0 Å². The fraction of sp³-hybridized carbons (Fsp3) is 0.714. The van der Waals surface area contributed by atoms with Crippen LogP contribution in [0.4, 0.5) is 22.0 Å². The third-order valence-corrected chi connectivity index (χ3v) is 2.12. The fourth-order valence-corrected chi connectivity index (χ4v) is 0.789. The van der Waals surface area contributed by atoms with E-state index in [-0.39, 0.29) is 6.92 Å². The predicted octanol–water partition coefficient (Wildman–Crippen LogP) is 1.86. The number of rotatable bonds is 3. The molecule has 0 radical (unpaired) electrons. The predicted molar refractivity (Wildman–Crippen MR) is 37.4 cm³/mol. The molecule has 88 valence electrons. The van der Waals surface area contributed by atoms with E-state index in [9.17, 15) is 31.5 Å². The molecule has 8 heteroatoms. The van der Waals surface area contributed by atoms with E-state index < -0.39 is 29.3 Å². The number of ketones is 1. The van der Waals surface area contributed by atoms with Crippen molar-refractivity contribution in [1.29, 1.82) is 0 Å². The summed E-state index contributed by atoms with van der Waals surface area (Å²) in [6, 6.07) is 0. The van der Waals surface area contributed by atoms with Crippen molar-refractivity contribution in [3.05, 3.63) is 0 Å². The summed E-state index contributed by atoms with van der Waals surface area (Å²) in [6.45, 7) is 0.416. The van der Waals surface area contributed by atoms with Crippen molar-refractivity contribution in [1.82, 2.24) is 0 Å². The number of halogens is 5. The van der Waals surface area contributed by atoms with Gasteiger partial charge in [-0.3, -0.25) is 9.59 Å². The molecule has 1 N–H and O–H groups in total. The van der Waals surface area contributed by atoms with Gasteiger partial charge in [-0.25, -0.2) is 0 Å². The van der Waals surface area contributed by atoms with Crippen molar-refractivity contribution in [2.75, 3.05) is 0 Å². The van der Waals surface area contributed by atoms with E-state index in [1.54, 1.807) is 0 Å². The van der Waals surface area contributed by atoms with Crippen molar-refractivity contribution in [3.8, 4) is 0 Å². The van der Waals surface area contributed by atoms with Gasteiger partial charge in [0, 0.05) is 0 Å². The number of carbonyl (C=O) groups is 2. The molecule has 0 aliphatic heterocycles. The number of alkyl halides is 5. The molecule has 0 spiro atoms. The molecule has 0 rings (SSSR count). The average Bonchev–Trinajstić information content (AvgIpc) is 1.99. The van der Waals surface area contributed by atoms with E-state index >= 15 is 0 Å². The highest BCUT2D eigenvalue weighted by molar-refractivity contribution is 6.02.